The van der Waals surface area contributed by atoms with Crippen LogP contribution >= 0.6 is 0 Å². The Kier molecular flexibility index (Phi) is 6.44. The second-order valence-electron chi connectivity index (χ2n) is 9.75. The van der Waals surface area contributed by atoms with E-state index in [0.29, 0.717) is 12.3 Å². The fraction of sp³-hybridized carbons (Fsp3) is 0.462. The van der Waals surface area contributed by atoms with Crippen molar-refractivity contribution in [2.45, 2.75) is 61.8 Å². The normalized spacial score (nSPS) is 26.3. The number of hydrogen-bond acceptors (Lipinski definition) is 5. The lowest BCUT2D eigenvalue weighted by Gasteiger charge is -2.28. The number of carbonyl (C=O) groups excluding carboxylic acids is 1. The third kappa shape index (κ3) is 4.88. The molecule has 2 aromatic rings. The number of amidine groups is 1. The number of phenolic OH excluding ortho intramolecular Hbond substituents is 1. The van der Waals surface area contributed by atoms with Gasteiger partial charge < -0.3 is 10.4 Å². The number of fused-ring (bicyclic) bond motifs is 3. The van der Waals surface area contributed by atoms with Gasteiger partial charge in [0.15, 0.2) is 0 Å². The summed E-state index contributed by atoms with van der Waals surface area (Å²) in [4.78, 5) is 18.0. The number of nitrogens with zero attached hydrogens (tertiary/aromatic N) is 1. The van der Waals surface area contributed by atoms with Crippen LogP contribution in [-0.4, -0.2) is 37.9 Å². The minimum Gasteiger partial charge on any atom is -0.508 e. The van der Waals surface area contributed by atoms with E-state index in [-0.39, 0.29) is 34.6 Å². The molecule has 1 fully saturated rings. The van der Waals surface area contributed by atoms with Gasteiger partial charge in [-0.2, -0.15) is 0 Å². The van der Waals surface area contributed by atoms with Crippen LogP contribution < -0.4 is 10.0 Å². The number of aryl methyl sites for hydroxylation is 1. The highest BCUT2D eigenvalue weighted by atomic mass is 32.2. The first kappa shape index (κ1) is 23.1. The summed E-state index contributed by atoms with van der Waals surface area (Å²) >= 11 is 0. The van der Waals surface area contributed by atoms with Crippen molar-refractivity contribution in [1.29, 1.82) is 0 Å². The molecule has 0 radical (unpaired) electrons. The first-order valence-corrected chi connectivity index (χ1v) is 13.6. The summed E-state index contributed by atoms with van der Waals surface area (Å²) in [5.74, 6) is 1.56. The second-order valence-corrected chi connectivity index (χ2v) is 11.5. The molecule has 0 spiro atoms. The van der Waals surface area contributed by atoms with E-state index < -0.39 is 10.0 Å². The van der Waals surface area contributed by atoms with Crippen LogP contribution in [0.25, 0.3) is 0 Å². The minimum absolute atomic E-state index is 0.0339. The minimum atomic E-state index is -3.50. The third-order valence-electron chi connectivity index (χ3n) is 7.54. The van der Waals surface area contributed by atoms with E-state index in [1.807, 2.05) is 12.1 Å². The van der Waals surface area contributed by atoms with Crippen LogP contribution in [-0.2, 0) is 21.2 Å². The fourth-order valence-corrected chi connectivity index (χ4v) is 6.75. The fourth-order valence-electron chi connectivity index (χ4n) is 5.61. The summed E-state index contributed by atoms with van der Waals surface area (Å²) in [7, 11) is -3.50. The first-order chi connectivity index (χ1) is 16.4. The molecule has 1 aliphatic heterocycles. The highest BCUT2D eigenvalue weighted by Gasteiger charge is 2.36. The van der Waals surface area contributed by atoms with Crippen molar-refractivity contribution in [2.24, 2.45) is 16.8 Å². The van der Waals surface area contributed by atoms with E-state index in [1.54, 1.807) is 36.4 Å². The molecule has 0 saturated heterocycles. The van der Waals surface area contributed by atoms with Gasteiger partial charge in [0.2, 0.25) is 15.9 Å². The lowest BCUT2D eigenvalue weighted by atomic mass is 9.79. The predicted molar refractivity (Wildman–Crippen MR) is 130 cm³/mol. The summed E-state index contributed by atoms with van der Waals surface area (Å²) in [5.41, 5.74) is 2.42. The third-order valence-corrected chi connectivity index (χ3v) is 8.97. The van der Waals surface area contributed by atoms with E-state index in [4.69, 9.17) is 4.99 Å². The Morgan fingerprint density at radius 2 is 1.79 bits per heavy atom. The Labute approximate surface area is 200 Å². The highest BCUT2D eigenvalue weighted by molar-refractivity contribution is 7.89. The standard InChI is InChI=1S/C26H31N3O4S/c30-20-11-12-22-19(14-20)10-13-24-23(22)15-25(28-24)29-26(31)18-8-6-17(7-9-18)16-27-34(32,33)21-4-2-1-3-5-21/h1-5,11-12,14,17-18,23-24,27,30H,6-10,13,15-16H2,(H,28,29,31)/t17?,18?,23-,24+/m1/s1. The van der Waals surface area contributed by atoms with Gasteiger partial charge in [-0.1, -0.05) is 24.3 Å². The molecule has 0 bridgehead atoms. The van der Waals surface area contributed by atoms with Crippen LogP contribution in [0.2, 0.25) is 0 Å². The van der Waals surface area contributed by atoms with E-state index in [1.165, 1.54) is 11.1 Å². The predicted octanol–water partition coefficient (Wildman–Crippen LogP) is 3.49. The topological polar surface area (TPSA) is 108 Å². The van der Waals surface area contributed by atoms with Crippen LogP contribution in [0.5, 0.6) is 5.75 Å². The van der Waals surface area contributed by atoms with Crippen LogP contribution in [0.1, 0.15) is 55.6 Å². The first-order valence-electron chi connectivity index (χ1n) is 12.1. The van der Waals surface area contributed by atoms with E-state index in [2.05, 4.69) is 10.0 Å². The van der Waals surface area contributed by atoms with Gasteiger partial charge in [0.25, 0.3) is 0 Å². The molecule has 1 amide bonds. The zero-order valence-electron chi connectivity index (χ0n) is 19.1. The summed E-state index contributed by atoms with van der Waals surface area (Å²) in [6, 6.07) is 14.2. The summed E-state index contributed by atoms with van der Waals surface area (Å²) in [6.07, 6.45) is 5.72. The van der Waals surface area contributed by atoms with Gasteiger partial charge in [0.1, 0.15) is 11.6 Å². The Morgan fingerprint density at radius 3 is 2.56 bits per heavy atom. The van der Waals surface area contributed by atoms with Gasteiger partial charge in [-0.3, -0.25) is 9.79 Å². The molecule has 2 aromatic carbocycles. The number of hydrogen-bond donors (Lipinski definition) is 3. The largest absolute Gasteiger partial charge is 0.508 e. The molecule has 2 aliphatic carbocycles. The zero-order valence-corrected chi connectivity index (χ0v) is 19.9. The Morgan fingerprint density at radius 1 is 1.03 bits per heavy atom. The molecular weight excluding hydrogens is 450 g/mol. The number of aliphatic imine (C=N–C) groups is 1. The SMILES string of the molecule is O=C(NC1=N[C@H]2CCc3cc(O)ccc3[C@H]2C1)C1CCC(CNS(=O)(=O)c2ccccc2)CC1. The van der Waals surface area contributed by atoms with Gasteiger partial charge in [-0.05, 0) is 79.8 Å². The molecule has 5 rings (SSSR count). The van der Waals surface area contributed by atoms with Gasteiger partial charge in [-0.15, -0.1) is 0 Å². The lowest BCUT2D eigenvalue weighted by Crippen LogP contribution is -2.38. The molecule has 3 aliphatic rings. The molecule has 7 nitrogen and oxygen atoms in total. The number of amides is 1. The van der Waals surface area contributed by atoms with Crippen molar-refractivity contribution in [3.05, 3.63) is 59.7 Å². The lowest BCUT2D eigenvalue weighted by molar-refractivity contribution is -0.124. The molecule has 1 heterocycles. The average molecular weight is 482 g/mol. The van der Waals surface area contributed by atoms with Crippen molar-refractivity contribution >= 4 is 21.8 Å². The van der Waals surface area contributed by atoms with Gasteiger partial charge in [-0.25, -0.2) is 13.1 Å². The van der Waals surface area contributed by atoms with Crippen LogP contribution in [0.15, 0.2) is 58.4 Å². The average Bonchev–Trinajstić information content (AvgIpc) is 3.26. The van der Waals surface area contributed by atoms with Crippen molar-refractivity contribution in [3.8, 4) is 5.75 Å². The van der Waals surface area contributed by atoms with Crippen molar-refractivity contribution in [2.75, 3.05) is 6.54 Å². The van der Waals surface area contributed by atoms with E-state index in [9.17, 15) is 18.3 Å². The van der Waals surface area contributed by atoms with Gasteiger partial charge in [0.05, 0.1) is 10.9 Å². The van der Waals surface area contributed by atoms with Crippen molar-refractivity contribution in [1.82, 2.24) is 10.0 Å². The molecule has 34 heavy (non-hydrogen) atoms. The van der Waals surface area contributed by atoms with Gasteiger partial charge >= 0.3 is 0 Å². The molecule has 0 aromatic heterocycles. The van der Waals surface area contributed by atoms with Crippen LogP contribution in [0.4, 0.5) is 0 Å². The quantitative estimate of drug-likeness (QED) is 0.607. The van der Waals surface area contributed by atoms with Crippen molar-refractivity contribution < 1.29 is 18.3 Å². The number of sulfonamides is 1. The number of carbonyl (C=O) groups is 1. The highest BCUT2D eigenvalue weighted by Crippen LogP contribution is 2.41. The molecule has 2 atom stereocenters. The van der Waals surface area contributed by atoms with Crippen molar-refractivity contribution in [3.63, 3.8) is 0 Å². The summed E-state index contributed by atoms with van der Waals surface area (Å²) < 4.78 is 27.6. The number of nitrogens with one attached hydrogen (secondary N) is 2. The molecule has 1 saturated carbocycles. The number of phenols is 1. The number of aromatic hydroxyl groups is 1. The maximum atomic E-state index is 12.9. The zero-order chi connectivity index (χ0) is 23.7. The van der Waals surface area contributed by atoms with E-state index >= 15 is 0 Å². The van der Waals surface area contributed by atoms with E-state index in [0.717, 1.165) is 50.8 Å². The molecular formula is C26H31N3O4S. The Hall–Kier alpha value is -2.71. The molecule has 3 N–H and O–H groups in total. The monoisotopic (exact) mass is 481 g/mol. The molecule has 8 heteroatoms. The number of benzene rings is 2. The smallest absolute Gasteiger partial charge is 0.240 e. The van der Waals surface area contributed by atoms with Gasteiger partial charge in [0, 0.05) is 24.8 Å². The summed E-state index contributed by atoms with van der Waals surface area (Å²) in [6.45, 7) is 0.399. The Balaban J connectivity index is 1.11. The Bertz CT molecular complexity index is 1190. The second kappa shape index (κ2) is 9.50. The maximum Gasteiger partial charge on any atom is 0.240 e. The number of rotatable bonds is 5. The van der Waals surface area contributed by atoms with Crippen LogP contribution in [0.3, 0.4) is 0 Å². The molecule has 0 unspecified atom stereocenters. The molecule has 180 valence electrons. The summed E-state index contributed by atoms with van der Waals surface area (Å²) in [5, 5.41) is 12.9. The maximum absolute atomic E-state index is 12.9. The van der Waals surface area contributed by atoms with Crippen LogP contribution in [0, 0.1) is 11.8 Å².